The minimum atomic E-state index is 0.597. The van der Waals surface area contributed by atoms with Crippen LogP contribution in [0.4, 0.5) is 5.82 Å². The van der Waals surface area contributed by atoms with Crippen LogP contribution in [-0.2, 0) is 0 Å². The molecule has 0 aliphatic rings. The third-order valence-corrected chi connectivity index (χ3v) is 2.75. The SMILES string of the molecule is Cc1cc(N)n(-c2cccc(C)c2Cl)n1. The number of nitrogens with two attached hydrogens (primary N) is 1. The van der Waals surface area contributed by atoms with Gasteiger partial charge in [0.2, 0.25) is 0 Å². The third-order valence-electron chi connectivity index (χ3n) is 2.26. The van der Waals surface area contributed by atoms with Gasteiger partial charge in [0.1, 0.15) is 5.82 Å². The summed E-state index contributed by atoms with van der Waals surface area (Å²) in [5.41, 5.74) is 8.55. The summed E-state index contributed by atoms with van der Waals surface area (Å²) in [6, 6.07) is 7.61. The number of aryl methyl sites for hydroxylation is 2. The van der Waals surface area contributed by atoms with Crippen LogP contribution in [-0.4, -0.2) is 9.78 Å². The molecule has 4 heteroatoms. The number of rotatable bonds is 1. The molecule has 78 valence electrons. The molecule has 2 aromatic rings. The van der Waals surface area contributed by atoms with Crippen LogP contribution in [0.25, 0.3) is 5.69 Å². The summed E-state index contributed by atoms with van der Waals surface area (Å²) in [5.74, 6) is 0.597. The van der Waals surface area contributed by atoms with Gasteiger partial charge in [-0.25, -0.2) is 4.68 Å². The Morgan fingerprint density at radius 2 is 2.07 bits per heavy atom. The highest BCUT2D eigenvalue weighted by Gasteiger charge is 2.09. The highest BCUT2D eigenvalue weighted by molar-refractivity contribution is 6.33. The molecule has 2 N–H and O–H groups in total. The number of nitrogens with zero attached hydrogens (tertiary/aromatic N) is 2. The first kappa shape index (κ1) is 10.1. The Bertz CT molecular complexity index is 503. The molecule has 0 fully saturated rings. The van der Waals surface area contributed by atoms with Crippen LogP contribution in [0.5, 0.6) is 0 Å². The zero-order chi connectivity index (χ0) is 11.0. The lowest BCUT2D eigenvalue weighted by Crippen LogP contribution is -2.02. The van der Waals surface area contributed by atoms with Gasteiger partial charge >= 0.3 is 0 Å². The first-order chi connectivity index (χ1) is 7.09. The van der Waals surface area contributed by atoms with E-state index in [9.17, 15) is 0 Å². The Kier molecular flexibility index (Phi) is 2.40. The molecule has 15 heavy (non-hydrogen) atoms. The molecular formula is C11H12ClN3. The lowest BCUT2D eigenvalue weighted by molar-refractivity contribution is 0.871. The molecule has 3 nitrogen and oxygen atoms in total. The van der Waals surface area contributed by atoms with E-state index in [1.165, 1.54) is 0 Å². The fourth-order valence-electron chi connectivity index (χ4n) is 1.51. The van der Waals surface area contributed by atoms with Gasteiger partial charge < -0.3 is 5.73 Å². The second kappa shape index (κ2) is 3.59. The summed E-state index contributed by atoms with van der Waals surface area (Å²) in [5, 5.41) is 4.98. The minimum Gasteiger partial charge on any atom is -0.384 e. The van der Waals surface area contributed by atoms with Crippen molar-refractivity contribution in [2.24, 2.45) is 0 Å². The van der Waals surface area contributed by atoms with E-state index in [1.54, 1.807) is 4.68 Å². The quantitative estimate of drug-likeness (QED) is 0.805. The number of anilines is 1. The van der Waals surface area contributed by atoms with Crippen molar-refractivity contribution < 1.29 is 0 Å². The molecule has 0 saturated heterocycles. The Balaban J connectivity index is 2.64. The van der Waals surface area contributed by atoms with Gasteiger partial charge in [0.05, 0.1) is 16.4 Å². The maximum atomic E-state index is 6.19. The van der Waals surface area contributed by atoms with Crippen LogP contribution in [0.1, 0.15) is 11.3 Å². The topological polar surface area (TPSA) is 43.8 Å². The molecule has 1 aromatic heterocycles. The van der Waals surface area contributed by atoms with Crippen LogP contribution < -0.4 is 5.73 Å². The van der Waals surface area contributed by atoms with Crippen LogP contribution in [0.15, 0.2) is 24.3 Å². The van der Waals surface area contributed by atoms with Crippen LogP contribution >= 0.6 is 11.6 Å². The van der Waals surface area contributed by atoms with E-state index < -0.39 is 0 Å². The molecule has 0 radical (unpaired) electrons. The second-order valence-electron chi connectivity index (χ2n) is 3.53. The van der Waals surface area contributed by atoms with E-state index in [1.807, 2.05) is 38.1 Å². The van der Waals surface area contributed by atoms with Gasteiger partial charge in [-0.05, 0) is 25.5 Å². The molecule has 0 amide bonds. The zero-order valence-electron chi connectivity index (χ0n) is 8.66. The van der Waals surface area contributed by atoms with Gasteiger partial charge in [0, 0.05) is 6.07 Å². The smallest absolute Gasteiger partial charge is 0.127 e. The van der Waals surface area contributed by atoms with E-state index in [4.69, 9.17) is 17.3 Å². The van der Waals surface area contributed by atoms with Gasteiger partial charge in [-0.3, -0.25) is 0 Å². The number of aromatic nitrogens is 2. The molecule has 0 saturated carbocycles. The fraction of sp³-hybridized carbons (Fsp3) is 0.182. The summed E-state index contributed by atoms with van der Waals surface area (Å²) in [7, 11) is 0. The Morgan fingerprint density at radius 1 is 1.33 bits per heavy atom. The predicted octanol–water partition coefficient (Wildman–Crippen LogP) is 2.72. The first-order valence-electron chi connectivity index (χ1n) is 4.67. The van der Waals surface area contributed by atoms with Crippen molar-refractivity contribution in [3.63, 3.8) is 0 Å². The average molecular weight is 222 g/mol. The number of hydrogen-bond acceptors (Lipinski definition) is 2. The second-order valence-corrected chi connectivity index (χ2v) is 3.91. The maximum Gasteiger partial charge on any atom is 0.127 e. The average Bonchev–Trinajstić information content (AvgIpc) is 2.50. The highest BCUT2D eigenvalue weighted by atomic mass is 35.5. The number of nitrogen functional groups attached to an aromatic ring is 1. The summed E-state index contributed by atoms with van der Waals surface area (Å²) >= 11 is 6.19. The molecule has 1 heterocycles. The van der Waals surface area contributed by atoms with Crippen molar-refractivity contribution in [1.82, 2.24) is 9.78 Å². The van der Waals surface area contributed by atoms with E-state index in [-0.39, 0.29) is 0 Å². The van der Waals surface area contributed by atoms with E-state index in [0.29, 0.717) is 10.8 Å². The standard InChI is InChI=1S/C11H12ClN3/c1-7-4-3-5-9(11(7)12)15-10(13)6-8(2)14-15/h3-6H,13H2,1-2H3. The Morgan fingerprint density at radius 3 is 2.67 bits per heavy atom. The predicted molar refractivity (Wildman–Crippen MR) is 62.5 cm³/mol. The summed E-state index contributed by atoms with van der Waals surface area (Å²) in [6.07, 6.45) is 0. The lowest BCUT2D eigenvalue weighted by Gasteiger charge is -2.07. The van der Waals surface area contributed by atoms with Gasteiger partial charge in [-0.15, -0.1) is 0 Å². The number of benzene rings is 1. The largest absolute Gasteiger partial charge is 0.384 e. The van der Waals surface area contributed by atoms with Gasteiger partial charge in [0.25, 0.3) is 0 Å². The molecule has 0 spiro atoms. The third kappa shape index (κ3) is 1.70. The molecule has 0 unspecified atom stereocenters. The minimum absolute atomic E-state index is 0.597. The molecule has 1 aromatic carbocycles. The summed E-state index contributed by atoms with van der Waals surface area (Å²) < 4.78 is 1.66. The maximum absolute atomic E-state index is 6.19. The van der Waals surface area contributed by atoms with E-state index >= 15 is 0 Å². The van der Waals surface area contributed by atoms with E-state index in [0.717, 1.165) is 16.9 Å². The van der Waals surface area contributed by atoms with Gasteiger partial charge in [0.15, 0.2) is 0 Å². The van der Waals surface area contributed by atoms with Crippen molar-refractivity contribution in [3.8, 4) is 5.69 Å². The molecule has 0 bridgehead atoms. The molecule has 2 rings (SSSR count). The number of hydrogen-bond donors (Lipinski definition) is 1. The van der Waals surface area contributed by atoms with E-state index in [2.05, 4.69) is 5.10 Å². The Hall–Kier alpha value is -1.48. The first-order valence-corrected chi connectivity index (χ1v) is 5.05. The van der Waals surface area contributed by atoms with Crippen molar-refractivity contribution in [1.29, 1.82) is 0 Å². The van der Waals surface area contributed by atoms with Crippen LogP contribution in [0.3, 0.4) is 0 Å². The van der Waals surface area contributed by atoms with Crippen molar-refractivity contribution in [3.05, 3.63) is 40.5 Å². The van der Waals surface area contributed by atoms with Crippen molar-refractivity contribution >= 4 is 17.4 Å². The molecule has 0 aliphatic carbocycles. The number of halogens is 1. The zero-order valence-corrected chi connectivity index (χ0v) is 9.42. The van der Waals surface area contributed by atoms with Gasteiger partial charge in [-0.1, -0.05) is 23.7 Å². The van der Waals surface area contributed by atoms with Crippen LogP contribution in [0, 0.1) is 13.8 Å². The van der Waals surface area contributed by atoms with Crippen molar-refractivity contribution in [2.45, 2.75) is 13.8 Å². The molecule has 0 atom stereocenters. The fourth-order valence-corrected chi connectivity index (χ4v) is 1.71. The molecule has 0 aliphatic heterocycles. The monoisotopic (exact) mass is 221 g/mol. The summed E-state index contributed by atoms with van der Waals surface area (Å²) in [6.45, 7) is 3.86. The highest BCUT2D eigenvalue weighted by Crippen LogP contribution is 2.25. The summed E-state index contributed by atoms with van der Waals surface area (Å²) in [4.78, 5) is 0. The Labute approximate surface area is 93.5 Å². The van der Waals surface area contributed by atoms with Crippen LogP contribution in [0.2, 0.25) is 5.02 Å². The van der Waals surface area contributed by atoms with Gasteiger partial charge in [-0.2, -0.15) is 5.10 Å². The lowest BCUT2D eigenvalue weighted by atomic mass is 10.2. The van der Waals surface area contributed by atoms with Crippen molar-refractivity contribution in [2.75, 3.05) is 5.73 Å². The normalized spacial score (nSPS) is 10.6. The molecular weight excluding hydrogens is 210 g/mol.